The molecule has 0 fully saturated rings. The van der Waals surface area contributed by atoms with Crippen molar-refractivity contribution in [3.63, 3.8) is 0 Å². The number of carbonyl (C=O) groups excluding carboxylic acids is 1. The molecule has 2 nitrogen and oxygen atoms in total. The second-order valence-electron chi connectivity index (χ2n) is 4.83. The Balaban J connectivity index is 1.92. The minimum Gasteiger partial charge on any atom is -0.350 e. The summed E-state index contributed by atoms with van der Waals surface area (Å²) in [5.41, 5.74) is 2.45. The van der Waals surface area contributed by atoms with Crippen LogP contribution in [0.15, 0.2) is 40.6 Å². The summed E-state index contributed by atoms with van der Waals surface area (Å²) in [6.07, 6.45) is 0. The Morgan fingerprint density at radius 2 is 2.15 bits per heavy atom. The Morgan fingerprint density at radius 3 is 2.85 bits per heavy atom. The second-order valence-corrected chi connectivity index (χ2v) is 7.24. The van der Waals surface area contributed by atoms with Crippen molar-refractivity contribution in [3.8, 4) is 0 Å². The van der Waals surface area contributed by atoms with Gasteiger partial charge in [-0.1, -0.05) is 23.8 Å². The maximum atomic E-state index is 12.1. The standard InChI is InChI=1S/C16H19NOS2/c1-11-6-7-12(2)15(9-11)20-13(3)16(18)17-10-14-5-4-8-19-14/h4-9,13H,10H2,1-3H3,(H,17,18). The number of carbonyl (C=O) groups is 1. The van der Waals surface area contributed by atoms with Crippen LogP contribution in [0, 0.1) is 13.8 Å². The van der Waals surface area contributed by atoms with E-state index in [9.17, 15) is 4.79 Å². The van der Waals surface area contributed by atoms with E-state index in [-0.39, 0.29) is 11.2 Å². The quantitative estimate of drug-likeness (QED) is 0.840. The Labute approximate surface area is 128 Å². The summed E-state index contributed by atoms with van der Waals surface area (Å²) in [5, 5.41) is 4.93. The van der Waals surface area contributed by atoms with Gasteiger partial charge in [-0.3, -0.25) is 4.79 Å². The molecule has 4 heteroatoms. The molecule has 1 atom stereocenters. The minimum absolute atomic E-state index is 0.0873. The zero-order chi connectivity index (χ0) is 14.5. The van der Waals surface area contributed by atoms with Crippen molar-refractivity contribution < 1.29 is 4.79 Å². The van der Waals surface area contributed by atoms with Crippen LogP contribution in [-0.4, -0.2) is 11.2 Å². The van der Waals surface area contributed by atoms with Crippen LogP contribution in [0.2, 0.25) is 0 Å². The van der Waals surface area contributed by atoms with Crippen LogP contribution in [0.3, 0.4) is 0 Å². The van der Waals surface area contributed by atoms with E-state index in [0.717, 1.165) is 0 Å². The van der Waals surface area contributed by atoms with Crippen molar-refractivity contribution in [1.29, 1.82) is 0 Å². The number of thiophene rings is 1. The second kappa shape index (κ2) is 6.95. The van der Waals surface area contributed by atoms with Crippen molar-refractivity contribution >= 4 is 29.0 Å². The van der Waals surface area contributed by atoms with Crippen molar-refractivity contribution in [3.05, 3.63) is 51.7 Å². The molecular formula is C16H19NOS2. The highest BCUT2D eigenvalue weighted by Gasteiger charge is 2.15. The van der Waals surface area contributed by atoms with Crippen LogP contribution in [-0.2, 0) is 11.3 Å². The molecule has 1 N–H and O–H groups in total. The van der Waals surface area contributed by atoms with Crippen LogP contribution < -0.4 is 5.32 Å². The largest absolute Gasteiger partial charge is 0.350 e. The molecule has 1 aromatic heterocycles. The van der Waals surface area contributed by atoms with E-state index in [1.54, 1.807) is 23.1 Å². The molecule has 0 spiro atoms. The van der Waals surface area contributed by atoms with Gasteiger partial charge in [0, 0.05) is 9.77 Å². The lowest BCUT2D eigenvalue weighted by Gasteiger charge is -2.13. The van der Waals surface area contributed by atoms with Crippen molar-refractivity contribution in [1.82, 2.24) is 5.32 Å². The van der Waals surface area contributed by atoms with E-state index in [1.165, 1.54) is 20.9 Å². The van der Waals surface area contributed by atoms with E-state index in [0.29, 0.717) is 6.54 Å². The lowest BCUT2D eigenvalue weighted by atomic mass is 10.2. The molecule has 0 saturated heterocycles. The lowest BCUT2D eigenvalue weighted by Crippen LogP contribution is -2.30. The lowest BCUT2D eigenvalue weighted by molar-refractivity contribution is -0.120. The molecular weight excluding hydrogens is 286 g/mol. The van der Waals surface area contributed by atoms with Crippen molar-refractivity contribution in [2.45, 2.75) is 37.5 Å². The number of rotatable bonds is 5. The van der Waals surface area contributed by atoms with Gasteiger partial charge in [0.05, 0.1) is 11.8 Å². The van der Waals surface area contributed by atoms with E-state index in [2.05, 4.69) is 37.4 Å². The Hall–Kier alpha value is -1.26. The third-order valence-electron chi connectivity index (χ3n) is 3.03. The van der Waals surface area contributed by atoms with Gasteiger partial charge in [0.25, 0.3) is 0 Å². The molecule has 0 saturated carbocycles. The highest BCUT2D eigenvalue weighted by atomic mass is 32.2. The van der Waals surface area contributed by atoms with Gasteiger partial charge >= 0.3 is 0 Å². The molecule has 106 valence electrons. The van der Waals surface area contributed by atoms with Gasteiger partial charge < -0.3 is 5.32 Å². The first-order valence-electron chi connectivity index (χ1n) is 6.60. The summed E-state index contributed by atoms with van der Waals surface area (Å²) in [6.45, 7) is 6.73. The fourth-order valence-corrected chi connectivity index (χ4v) is 3.53. The average Bonchev–Trinajstić information content (AvgIpc) is 2.93. The first kappa shape index (κ1) is 15.1. The number of thioether (sulfide) groups is 1. The van der Waals surface area contributed by atoms with E-state index in [4.69, 9.17) is 0 Å². The van der Waals surface area contributed by atoms with E-state index < -0.39 is 0 Å². The number of amides is 1. The molecule has 0 aliphatic carbocycles. The summed E-state index contributed by atoms with van der Waals surface area (Å²) in [5.74, 6) is 0.0873. The number of nitrogens with one attached hydrogen (secondary N) is 1. The first-order chi connectivity index (χ1) is 9.56. The number of benzene rings is 1. The highest BCUT2D eigenvalue weighted by Crippen LogP contribution is 2.27. The molecule has 1 amide bonds. The van der Waals surface area contributed by atoms with Gasteiger partial charge in [0.2, 0.25) is 5.91 Å². The molecule has 20 heavy (non-hydrogen) atoms. The molecule has 2 rings (SSSR count). The maximum absolute atomic E-state index is 12.1. The summed E-state index contributed by atoms with van der Waals surface area (Å²) in [4.78, 5) is 14.5. The van der Waals surface area contributed by atoms with Crippen LogP contribution in [0.4, 0.5) is 0 Å². The summed E-state index contributed by atoms with van der Waals surface area (Å²) >= 11 is 3.28. The molecule has 1 heterocycles. The normalized spacial score (nSPS) is 12.2. The van der Waals surface area contributed by atoms with Crippen LogP contribution >= 0.6 is 23.1 Å². The fraction of sp³-hybridized carbons (Fsp3) is 0.312. The molecule has 2 aromatic rings. The predicted octanol–water partition coefficient (Wildman–Crippen LogP) is 4.16. The fourth-order valence-electron chi connectivity index (χ4n) is 1.81. The van der Waals surface area contributed by atoms with Crippen molar-refractivity contribution in [2.75, 3.05) is 0 Å². The number of aryl methyl sites for hydroxylation is 2. The van der Waals surface area contributed by atoms with Crippen LogP contribution in [0.5, 0.6) is 0 Å². The van der Waals surface area contributed by atoms with Gasteiger partial charge in [0.15, 0.2) is 0 Å². The Bertz CT molecular complexity index is 578. The monoisotopic (exact) mass is 305 g/mol. The molecule has 1 aromatic carbocycles. The molecule has 1 unspecified atom stereocenters. The molecule has 0 aliphatic rings. The summed E-state index contributed by atoms with van der Waals surface area (Å²) < 4.78 is 0. The summed E-state index contributed by atoms with van der Waals surface area (Å²) in [7, 11) is 0. The van der Waals surface area contributed by atoms with Crippen molar-refractivity contribution in [2.24, 2.45) is 0 Å². The SMILES string of the molecule is Cc1ccc(C)c(SC(C)C(=O)NCc2cccs2)c1. The van der Waals surface area contributed by atoms with Gasteiger partial charge in [-0.15, -0.1) is 23.1 Å². The maximum Gasteiger partial charge on any atom is 0.233 e. The van der Waals surface area contributed by atoms with E-state index in [1.807, 2.05) is 24.4 Å². The third kappa shape index (κ3) is 4.12. The van der Waals surface area contributed by atoms with Gasteiger partial charge in [-0.05, 0) is 43.8 Å². The molecule has 0 bridgehead atoms. The van der Waals surface area contributed by atoms with Gasteiger partial charge in [-0.25, -0.2) is 0 Å². The van der Waals surface area contributed by atoms with Crippen LogP contribution in [0.25, 0.3) is 0 Å². The third-order valence-corrected chi connectivity index (χ3v) is 5.17. The van der Waals surface area contributed by atoms with Crippen LogP contribution in [0.1, 0.15) is 22.9 Å². The topological polar surface area (TPSA) is 29.1 Å². The van der Waals surface area contributed by atoms with Gasteiger partial charge in [0.1, 0.15) is 0 Å². The predicted molar refractivity (Wildman–Crippen MR) is 87.4 cm³/mol. The number of hydrogen-bond donors (Lipinski definition) is 1. The zero-order valence-corrected chi connectivity index (χ0v) is 13.6. The van der Waals surface area contributed by atoms with Gasteiger partial charge in [-0.2, -0.15) is 0 Å². The smallest absolute Gasteiger partial charge is 0.233 e. The average molecular weight is 305 g/mol. The summed E-state index contributed by atoms with van der Waals surface area (Å²) in [6, 6.07) is 10.4. The molecule has 0 radical (unpaired) electrons. The number of hydrogen-bond acceptors (Lipinski definition) is 3. The Morgan fingerprint density at radius 1 is 1.35 bits per heavy atom. The zero-order valence-electron chi connectivity index (χ0n) is 12.0. The van der Waals surface area contributed by atoms with E-state index >= 15 is 0 Å². The molecule has 0 aliphatic heterocycles. The first-order valence-corrected chi connectivity index (χ1v) is 8.36. The highest BCUT2D eigenvalue weighted by molar-refractivity contribution is 8.00. The minimum atomic E-state index is -0.0875. The Kier molecular flexibility index (Phi) is 5.26.